The van der Waals surface area contributed by atoms with Crippen molar-refractivity contribution in [2.24, 2.45) is 0 Å². The molecular weight excluding hydrogens is 230 g/mol. The summed E-state index contributed by atoms with van der Waals surface area (Å²) in [5.74, 6) is 1.19. The Morgan fingerprint density at radius 2 is 2.19 bits per heavy atom. The average molecular weight is 251 g/mol. The van der Waals surface area contributed by atoms with Gasteiger partial charge in [-0.25, -0.2) is 0 Å². The van der Waals surface area contributed by atoms with Crippen molar-refractivity contribution in [2.45, 2.75) is 12.5 Å². The van der Waals surface area contributed by atoms with Gasteiger partial charge in [0.15, 0.2) is 0 Å². The largest absolute Gasteiger partial charge is 0.396 e. The van der Waals surface area contributed by atoms with Gasteiger partial charge in [-0.1, -0.05) is 0 Å². The molecule has 0 bridgehead atoms. The van der Waals surface area contributed by atoms with Crippen LogP contribution in [0.5, 0.6) is 0 Å². The van der Waals surface area contributed by atoms with Crippen LogP contribution in [0, 0.1) is 0 Å². The second kappa shape index (κ2) is 11.2. The van der Waals surface area contributed by atoms with Crippen molar-refractivity contribution in [3.63, 3.8) is 0 Å². The molecule has 0 aliphatic carbocycles. The van der Waals surface area contributed by atoms with Crippen molar-refractivity contribution in [3.8, 4) is 0 Å². The molecule has 1 amide bonds. The number of hydrogen-bond acceptors (Lipinski definition) is 5. The van der Waals surface area contributed by atoms with Gasteiger partial charge in [-0.2, -0.15) is 0 Å². The SMILES string of the molecule is COCCSCC(=O)NC(CCO)COC. The molecule has 0 heterocycles. The first-order valence-electron chi connectivity index (χ1n) is 5.20. The number of carbonyl (C=O) groups is 1. The number of hydrogen-bond donors (Lipinski definition) is 2. The van der Waals surface area contributed by atoms with Gasteiger partial charge in [-0.05, 0) is 6.42 Å². The molecule has 0 aliphatic heterocycles. The van der Waals surface area contributed by atoms with E-state index in [1.807, 2.05) is 0 Å². The highest BCUT2D eigenvalue weighted by molar-refractivity contribution is 7.99. The number of ether oxygens (including phenoxy) is 2. The number of carbonyl (C=O) groups excluding carboxylic acids is 1. The van der Waals surface area contributed by atoms with Crippen LogP contribution in [0.25, 0.3) is 0 Å². The molecule has 0 aromatic carbocycles. The second-order valence-electron chi connectivity index (χ2n) is 3.28. The molecule has 2 N–H and O–H groups in total. The summed E-state index contributed by atoms with van der Waals surface area (Å²) in [6.45, 7) is 1.12. The van der Waals surface area contributed by atoms with E-state index in [0.29, 0.717) is 25.4 Å². The summed E-state index contributed by atoms with van der Waals surface area (Å²) in [5.41, 5.74) is 0. The summed E-state index contributed by atoms with van der Waals surface area (Å²) in [5, 5.41) is 11.6. The summed E-state index contributed by atoms with van der Waals surface area (Å²) >= 11 is 1.52. The molecule has 5 nitrogen and oxygen atoms in total. The molecule has 0 aliphatic rings. The quantitative estimate of drug-likeness (QED) is 0.530. The molecular formula is C10H21NO4S. The van der Waals surface area contributed by atoms with Gasteiger partial charge in [0, 0.05) is 26.6 Å². The number of aliphatic hydroxyl groups excluding tert-OH is 1. The maximum Gasteiger partial charge on any atom is 0.230 e. The van der Waals surface area contributed by atoms with Gasteiger partial charge in [0.05, 0.1) is 25.0 Å². The van der Waals surface area contributed by atoms with Crippen molar-refractivity contribution < 1.29 is 19.4 Å². The van der Waals surface area contributed by atoms with Gasteiger partial charge in [0.25, 0.3) is 0 Å². The van der Waals surface area contributed by atoms with E-state index in [1.165, 1.54) is 11.8 Å². The molecule has 16 heavy (non-hydrogen) atoms. The van der Waals surface area contributed by atoms with E-state index in [0.717, 1.165) is 5.75 Å². The van der Waals surface area contributed by atoms with Crippen molar-refractivity contribution in [1.29, 1.82) is 0 Å². The first kappa shape index (κ1) is 15.7. The summed E-state index contributed by atoms with van der Waals surface area (Å²) < 4.78 is 9.82. The first-order valence-corrected chi connectivity index (χ1v) is 6.35. The third-order valence-electron chi connectivity index (χ3n) is 1.88. The highest BCUT2D eigenvalue weighted by atomic mass is 32.2. The van der Waals surface area contributed by atoms with Gasteiger partial charge in [0.2, 0.25) is 5.91 Å². The number of methoxy groups -OCH3 is 2. The minimum Gasteiger partial charge on any atom is -0.396 e. The molecule has 0 saturated carbocycles. The molecule has 0 aromatic heterocycles. The van der Waals surface area contributed by atoms with Crippen LogP contribution < -0.4 is 5.32 Å². The number of nitrogens with one attached hydrogen (secondary N) is 1. The van der Waals surface area contributed by atoms with E-state index in [9.17, 15) is 4.79 Å². The van der Waals surface area contributed by atoms with Crippen LogP contribution in [0.2, 0.25) is 0 Å². The molecule has 96 valence electrons. The molecule has 0 saturated heterocycles. The van der Waals surface area contributed by atoms with Crippen molar-refractivity contribution in [1.82, 2.24) is 5.32 Å². The Hall–Kier alpha value is -0.300. The average Bonchev–Trinajstić information content (AvgIpc) is 2.25. The third-order valence-corrected chi connectivity index (χ3v) is 2.80. The fourth-order valence-electron chi connectivity index (χ4n) is 1.13. The molecule has 0 rings (SSSR count). The van der Waals surface area contributed by atoms with Crippen LogP contribution >= 0.6 is 11.8 Å². The van der Waals surface area contributed by atoms with Gasteiger partial charge < -0.3 is 19.9 Å². The Balaban J connectivity index is 3.63. The van der Waals surface area contributed by atoms with E-state index >= 15 is 0 Å². The standard InChI is InChI=1S/C10H21NO4S/c1-14-5-6-16-8-10(13)11-9(3-4-12)7-15-2/h9,12H,3-8H2,1-2H3,(H,11,13). The van der Waals surface area contributed by atoms with Gasteiger partial charge in [-0.15, -0.1) is 11.8 Å². The zero-order chi connectivity index (χ0) is 12.2. The fourth-order valence-corrected chi connectivity index (χ4v) is 1.83. The summed E-state index contributed by atoms with van der Waals surface area (Å²) in [4.78, 5) is 11.5. The predicted octanol–water partition coefficient (Wildman–Crippen LogP) is -0.120. The normalized spacial score (nSPS) is 12.4. The lowest BCUT2D eigenvalue weighted by atomic mass is 10.2. The summed E-state index contributed by atoms with van der Waals surface area (Å²) in [6, 6.07) is -0.106. The lowest BCUT2D eigenvalue weighted by molar-refractivity contribution is -0.119. The van der Waals surface area contributed by atoms with E-state index < -0.39 is 0 Å². The monoisotopic (exact) mass is 251 g/mol. The van der Waals surface area contributed by atoms with E-state index in [2.05, 4.69) is 5.32 Å². The highest BCUT2D eigenvalue weighted by Gasteiger charge is 2.11. The van der Waals surface area contributed by atoms with Crippen LogP contribution in [-0.2, 0) is 14.3 Å². The third kappa shape index (κ3) is 8.96. The highest BCUT2D eigenvalue weighted by Crippen LogP contribution is 2.00. The smallest absolute Gasteiger partial charge is 0.230 e. The minimum absolute atomic E-state index is 0.0309. The van der Waals surface area contributed by atoms with Crippen LogP contribution in [0.15, 0.2) is 0 Å². The van der Waals surface area contributed by atoms with Crippen LogP contribution in [-0.4, -0.2) is 62.6 Å². The van der Waals surface area contributed by atoms with E-state index in [-0.39, 0.29) is 18.6 Å². The van der Waals surface area contributed by atoms with E-state index in [4.69, 9.17) is 14.6 Å². The molecule has 1 unspecified atom stereocenters. The first-order chi connectivity index (χ1) is 7.74. The van der Waals surface area contributed by atoms with Gasteiger partial charge in [0.1, 0.15) is 0 Å². The maximum absolute atomic E-state index is 11.5. The lowest BCUT2D eigenvalue weighted by Gasteiger charge is -2.16. The Morgan fingerprint density at radius 1 is 1.44 bits per heavy atom. The molecule has 0 spiro atoms. The minimum atomic E-state index is -0.106. The number of thioether (sulfide) groups is 1. The Kier molecular flexibility index (Phi) is 11.0. The second-order valence-corrected chi connectivity index (χ2v) is 4.38. The van der Waals surface area contributed by atoms with Crippen molar-refractivity contribution >= 4 is 17.7 Å². The molecule has 1 atom stereocenters. The van der Waals surface area contributed by atoms with Crippen molar-refractivity contribution in [2.75, 3.05) is 45.5 Å². The lowest BCUT2D eigenvalue weighted by Crippen LogP contribution is -2.39. The predicted molar refractivity (Wildman–Crippen MR) is 64.7 cm³/mol. The van der Waals surface area contributed by atoms with Crippen LogP contribution in [0.1, 0.15) is 6.42 Å². The number of amides is 1. The topological polar surface area (TPSA) is 67.8 Å². The number of aliphatic hydroxyl groups is 1. The maximum atomic E-state index is 11.5. The van der Waals surface area contributed by atoms with Gasteiger partial charge >= 0.3 is 0 Å². The molecule has 0 aromatic rings. The number of rotatable bonds is 10. The Labute approximate surface area is 101 Å². The molecule has 0 radical (unpaired) electrons. The van der Waals surface area contributed by atoms with E-state index in [1.54, 1.807) is 14.2 Å². The Bertz CT molecular complexity index is 174. The fraction of sp³-hybridized carbons (Fsp3) is 0.900. The van der Waals surface area contributed by atoms with Gasteiger partial charge in [-0.3, -0.25) is 4.79 Å². The molecule has 0 fully saturated rings. The molecule has 6 heteroatoms. The zero-order valence-corrected chi connectivity index (χ0v) is 10.7. The van der Waals surface area contributed by atoms with Crippen molar-refractivity contribution in [3.05, 3.63) is 0 Å². The zero-order valence-electron chi connectivity index (χ0n) is 9.90. The van der Waals surface area contributed by atoms with Crippen LogP contribution in [0.4, 0.5) is 0 Å². The summed E-state index contributed by atoms with van der Waals surface area (Å²) in [6.07, 6.45) is 0.516. The van der Waals surface area contributed by atoms with Crippen LogP contribution in [0.3, 0.4) is 0 Å². The summed E-state index contributed by atoms with van der Waals surface area (Å²) in [7, 11) is 3.21. The Morgan fingerprint density at radius 3 is 2.75 bits per heavy atom.